The molecule has 0 aromatic rings. The first-order valence-electron chi connectivity index (χ1n) is 38.6. The van der Waals surface area contributed by atoms with Crippen molar-refractivity contribution >= 4 is 19.7 Å². The molecule has 3 atom stereocenters. The maximum absolute atomic E-state index is 13.6. The standard InChI is InChI=1S/C79H149N2O7P/c1-7-10-13-16-19-22-25-28-30-32-34-36-38-40-42-44-46-48-50-53-56-59-62-65-68-71-78(82)80-76(75-87-89(84,85)86-74-73-81(4,5)6)77(70-67-64-61-58-55-52-27-24-21-18-15-12-9-3)88-79(83)72-69-66-63-60-57-54-51-49-47-45-43-41-39-37-35-33-31-29-26-23-20-17-14-11-8-2/h19,22,28,30,34,36,40,42,67,70,76-77H,7-18,20-21,23-27,29,31-33,35,37-39,41,43-66,68-69,71-75H2,1-6H3,(H-,80,82,84,85)/b22-19-,30-28-,36-34-,42-40-,70-67+. The maximum atomic E-state index is 13.6. The van der Waals surface area contributed by atoms with Gasteiger partial charge in [-0.2, -0.15) is 0 Å². The first-order chi connectivity index (χ1) is 43.4. The van der Waals surface area contributed by atoms with E-state index in [2.05, 4.69) is 74.7 Å². The van der Waals surface area contributed by atoms with Crippen molar-refractivity contribution in [2.45, 2.75) is 392 Å². The molecule has 1 amide bonds. The van der Waals surface area contributed by atoms with Gasteiger partial charge in [0.2, 0.25) is 5.91 Å². The smallest absolute Gasteiger partial charge is 0.306 e. The van der Waals surface area contributed by atoms with Crippen molar-refractivity contribution < 1.29 is 37.3 Å². The lowest BCUT2D eigenvalue weighted by molar-refractivity contribution is -0.870. The molecule has 9 nitrogen and oxygen atoms in total. The van der Waals surface area contributed by atoms with Crippen LogP contribution in [0, 0.1) is 0 Å². The lowest BCUT2D eigenvalue weighted by Gasteiger charge is -2.30. The van der Waals surface area contributed by atoms with Gasteiger partial charge in [-0.25, -0.2) is 0 Å². The Morgan fingerprint density at radius 3 is 1.04 bits per heavy atom. The van der Waals surface area contributed by atoms with Gasteiger partial charge in [0.1, 0.15) is 19.3 Å². The van der Waals surface area contributed by atoms with Gasteiger partial charge in [-0.3, -0.25) is 14.2 Å². The van der Waals surface area contributed by atoms with E-state index in [-0.39, 0.29) is 31.5 Å². The summed E-state index contributed by atoms with van der Waals surface area (Å²) in [6.07, 6.45) is 89.3. The molecule has 0 aromatic carbocycles. The minimum absolute atomic E-state index is 0.0229. The number of carbonyl (C=O) groups is 2. The van der Waals surface area contributed by atoms with Crippen LogP contribution >= 0.6 is 7.82 Å². The molecule has 0 aromatic heterocycles. The molecule has 0 heterocycles. The fourth-order valence-corrected chi connectivity index (χ4v) is 12.2. The van der Waals surface area contributed by atoms with Crippen LogP contribution < -0.4 is 10.2 Å². The topological polar surface area (TPSA) is 114 Å². The van der Waals surface area contributed by atoms with E-state index in [0.29, 0.717) is 17.4 Å². The molecule has 0 spiro atoms. The van der Waals surface area contributed by atoms with Crippen molar-refractivity contribution in [3.8, 4) is 0 Å². The summed E-state index contributed by atoms with van der Waals surface area (Å²) in [6.45, 7) is 6.87. The highest BCUT2D eigenvalue weighted by atomic mass is 31.2. The highest BCUT2D eigenvalue weighted by molar-refractivity contribution is 7.45. The monoisotopic (exact) mass is 1270 g/mol. The summed E-state index contributed by atoms with van der Waals surface area (Å²) in [5, 5.41) is 3.05. The number of ether oxygens (including phenoxy) is 1. The molecule has 0 saturated heterocycles. The molecular weight excluding hydrogens is 1120 g/mol. The highest BCUT2D eigenvalue weighted by Crippen LogP contribution is 2.38. The molecule has 0 radical (unpaired) electrons. The van der Waals surface area contributed by atoms with Gasteiger partial charge < -0.3 is 28.5 Å². The molecule has 0 bridgehead atoms. The van der Waals surface area contributed by atoms with E-state index in [0.717, 1.165) is 89.9 Å². The molecule has 0 aliphatic rings. The quantitative estimate of drug-likeness (QED) is 0.0212. The van der Waals surface area contributed by atoms with Gasteiger partial charge in [0, 0.05) is 12.8 Å². The number of carbonyl (C=O) groups excluding carboxylic acids is 2. The Bertz CT molecular complexity index is 1700. The molecule has 0 saturated carbocycles. The zero-order valence-corrected chi connectivity index (χ0v) is 60.8. The average molecular weight is 1270 g/mol. The Morgan fingerprint density at radius 1 is 0.393 bits per heavy atom. The molecule has 3 unspecified atom stereocenters. The zero-order chi connectivity index (χ0) is 64.9. The van der Waals surface area contributed by atoms with Gasteiger partial charge in [-0.15, -0.1) is 0 Å². The van der Waals surface area contributed by atoms with Gasteiger partial charge in [0.25, 0.3) is 7.82 Å². The summed E-state index contributed by atoms with van der Waals surface area (Å²) in [7, 11) is 1.19. The van der Waals surface area contributed by atoms with E-state index in [1.807, 2.05) is 33.3 Å². The van der Waals surface area contributed by atoms with Crippen LogP contribution in [0.2, 0.25) is 0 Å². The fourth-order valence-electron chi connectivity index (χ4n) is 11.5. The largest absolute Gasteiger partial charge is 0.756 e. The minimum atomic E-state index is -4.71. The number of esters is 1. The molecular formula is C79H149N2O7P. The number of phosphoric acid groups is 1. The third-order valence-electron chi connectivity index (χ3n) is 17.5. The van der Waals surface area contributed by atoms with Crippen LogP contribution in [0.25, 0.3) is 0 Å². The van der Waals surface area contributed by atoms with E-state index in [4.69, 9.17) is 13.8 Å². The van der Waals surface area contributed by atoms with Gasteiger partial charge in [-0.05, 0) is 76.7 Å². The summed E-state index contributed by atoms with van der Waals surface area (Å²) in [4.78, 5) is 40.3. The lowest BCUT2D eigenvalue weighted by Crippen LogP contribution is -2.47. The van der Waals surface area contributed by atoms with Crippen LogP contribution in [0.4, 0.5) is 0 Å². The van der Waals surface area contributed by atoms with E-state index in [1.54, 1.807) is 0 Å². The Hall–Kier alpha value is -2.29. The number of nitrogens with one attached hydrogen (secondary N) is 1. The van der Waals surface area contributed by atoms with Crippen molar-refractivity contribution in [2.75, 3.05) is 40.9 Å². The number of allylic oxidation sites excluding steroid dienone is 9. The van der Waals surface area contributed by atoms with Crippen molar-refractivity contribution in [1.29, 1.82) is 0 Å². The van der Waals surface area contributed by atoms with Crippen LogP contribution in [0.5, 0.6) is 0 Å². The number of hydrogen-bond acceptors (Lipinski definition) is 7. The van der Waals surface area contributed by atoms with Crippen molar-refractivity contribution in [3.05, 3.63) is 60.8 Å². The van der Waals surface area contributed by atoms with Crippen LogP contribution in [0.15, 0.2) is 60.8 Å². The summed E-state index contributed by atoms with van der Waals surface area (Å²) in [5.74, 6) is -0.529. The molecule has 522 valence electrons. The predicted molar refractivity (Wildman–Crippen MR) is 385 cm³/mol. The Labute approximate surface area is 553 Å². The van der Waals surface area contributed by atoms with Gasteiger partial charge >= 0.3 is 5.97 Å². The zero-order valence-electron chi connectivity index (χ0n) is 59.9. The number of nitrogens with zero attached hydrogens (tertiary/aromatic N) is 1. The third-order valence-corrected chi connectivity index (χ3v) is 18.4. The molecule has 0 aliphatic carbocycles. The van der Waals surface area contributed by atoms with Gasteiger partial charge in [0.05, 0.1) is 33.8 Å². The first kappa shape index (κ1) is 86.7. The van der Waals surface area contributed by atoms with E-state index in [1.165, 1.54) is 257 Å². The van der Waals surface area contributed by atoms with Crippen LogP contribution in [0.1, 0.15) is 380 Å². The summed E-state index contributed by atoms with van der Waals surface area (Å²) in [5.41, 5.74) is 0. The van der Waals surface area contributed by atoms with Crippen molar-refractivity contribution in [1.82, 2.24) is 5.32 Å². The average Bonchev–Trinajstić information content (AvgIpc) is 3.67. The van der Waals surface area contributed by atoms with Crippen molar-refractivity contribution in [2.24, 2.45) is 0 Å². The van der Waals surface area contributed by atoms with Gasteiger partial charge in [-0.1, -0.05) is 352 Å². The molecule has 10 heteroatoms. The number of unbranched alkanes of at least 4 members (excludes halogenated alkanes) is 47. The molecule has 0 fully saturated rings. The summed E-state index contributed by atoms with van der Waals surface area (Å²) >= 11 is 0. The Kier molecular flexibility index (Phi) is 66.8. The lowest BCUT2D eigenvalue weighted by atomic mass is 10.0. The second kappa shape index (κ2) is 68.6. The highest BCUT2D eigenvalue weighted by Gasteiger charge is 2.27. The number of likely N-dealkylation sites (N-methyl/N-ethyl adjacent to an activating group) is 1. The van der Waals surface area contributed by atoms with Crippen molar-refractivity contribution in [3.63, 3.8) is 0 Å². The second-order valence-electron chi connectivity index (χ2n) is 27.5. The normalized spacial score (nSPS) is 13.7. The van der Waals surface area contributed by atoms with Crippen LogP contribution in [-0.2, 0) is 27.9 Å². The number of phosphoric ester groups is 1. The number of hydrogen-bond donors (Lipinski definition) is 1. The van der Waals surface area contributed by atoms with Gasteiger partial charge in [0.15, 0.2) is 0 Å². The number of quaternary nitrogens is 1. The third kappa shape index (κ3) is 69.9. The summed E-state index contributed by atoms with van der Waals surface area (Å²) < 4.78 is 30.5. The summed E-state index contributed by atoms with van der Waals surface area (Å²) in [6, 6.07) is -0.893. The molecule has 0 aliphatic heterocycles. The van der Waals surface area contributed by atoms with Crippen LogP contribution in [0.3, 0.4) is 0 Å². The maximum Gasteiger partial charge on any atom is 0.306 e. The SMILES string of the molecule is CCCCC/C=C\C/C=C\C/C=C\C/C=C\CCCCCCCCCCCC(=O)NC(COP(=O)([O-])OCC[N+](C)(C)C)C(/C=C/CCCCCCCCCCCCC)OC(=O)CCCCCCCCCCCCCCCCCCCCCCCCCCC. The molecule has 89 heavy (non-hydrogen) atoms. The Morgan fingerprint density at radius 2 is 0.685 bits per heavy atom. The second-order valence-corrected chi connectivity index (χ2v) is 28.9. The molecule has 0 rings (SSSR count). The van der Waals surface area contributed by atoms with E-state index >= 15 is 0 Å². The number of rotatable bonds is 71. The van der Waals surface area contributed by atoms with E-state index < -0.39 is 20.0 Å². The van der Waals surface area contributed by atoms with Crippen LogP contribution in [-0.4, -0.2) is 69.4 Å². The Balaban J connectivity index is 5.01. The van der Waals surface area contributed by atoms with E-state index in [9.17, 15) is 19.0 Å². The number of amides is 1. The first-order valence-corrected chi connectivity index (χ1v) is 40.1. The molecule has 1 N–H and O–H groups in total. The fraction of sp³-hybridized carbons (Fsp3) is 0.848. The predicted octanol–water partition coefficient (Wildman–Crippen LogP) is 24.3. The minimum Gasteiger partial charge on any atom is -0.756 e.